The Labute approximate surface area is 151 Å². The summed E-state index contributed by atoms with van der Waals surface area (Å²) in [5.74, 6) is 0.440. The van der Waals surface area contributed by atoms with Gasteiger partial charge < -0.3 is 14.3 Å². The van der Waals surface area contributed by atoms with Crippen molar-refractivity contribution < 1.29 is 13.7 Å². The third-order valence-corrected chi connectivity index (χ3v) is 4.75. The van der Waals surface area contributed by atoms with Crippen LogP contribution in [0.2, 0.25) is 0 Å². The van der Waals surface area contributed by atoms with Crippen LogP contribution in [0.3, 0.4) is 0 Å². The number of aromatic nitrogens is 2. The van der Waals surface area contributed by atoms with Gasteiger partial charge in [-0.25, -0.2) is 4.98 Å². The fourth-order valence-electron chi connectivity index (χ4n) is 3.39. The number of amides is 1. The van der Waals surface area contributed by atoms with Crippen LogP contribution in [0.5, 0.6) is 0 Å². The Hall–Kier alpha value is -2.89. The zero-order valence-corrected chi connectivity index (χ0v) is 14.7. The van der Waals surface area contributed by atoms with Crippen LogP contribution in [0.4, 0.5) is 0 Å². The fraction of sp³-hybridized carbons (Fsp3) is 0.350. The number of hydrogen-bond acceptors (Lipinski definition) is 5. The predicted molar refractivity (Wildman–Crippen MR) is 97.7 cm³/mol. The van der Waals surface area contributed by atoms with Crippen LogP contribution in [0, 0.1) is 6.92 Å². The molecule has 0 atom stereocenters. The molecule has 1 aliphatic rings. The summed E-state index contributed by atoms with van der Waals surface area (Å²) in [7, 11) is 0. The second-order valence-corrected chi connectivity index (χ2v) is 6.59. The maximum Gasteiger partial charge on any atom is 0.259 e. The van der Waals surface area contributed by atoms with Gasteiger partial charge in [-0.05, 0) is 57.2 Å². The molecule has 4 rings (SSSR count). The molecule has 0 spiro atoms. The summed E-state index contributed by atoms with van der Waals surface area (Å²) >= 11 is 0. The third-order valence-electron chi connectivity index (χ3n) is 4.75. The lowest BCUT2D eigenvalue weighted by molar-refractivity contribution is 0.0955. The van der Waals surface area contributed by atoms with Gasteiger partial charge in [0.2, 0.25) is 0 Å². The minimum Gasteiger partial charge on any atom is -0.463 e. The Balaban J connectivity index is 1.58. The Morgan fingerprint density at radius 3 is 3.04 bits per heavy atom. The van der Waals surface area contributed by atoms with Crippen molar-refractivity contribution in [3.63, 3.8) is 0 Å². The number of allylic oxidation sites excluding steroid dienone is 1. The topological polar surface area (TPSA) is 81.2 Å². The van der Waals surface area contributed by atoms with E-state index in [0.717, 1.165) is 19.3 Å². The molecule has 0 saturated carbocycles. The molecular weight excluding hydrogens is 330 g/mol. The smallest absolute Gasteiger partial charge is 0.259 e. The first-order chi connectivity index (χ1) is 12.7. The number of nitrogens with one attached hydrogen (secondary N) is 1. The molecule has 6 heteroatoms. The maximum absolute atomic E-state index is 12.8. The lowest BCUT2D eigenvalue weighted by atomic mass is 9.97. The number of pyridine rings is 1. The predicted octanol–water partition coefficient (Wildman–Crippen LogP) is 4.41. The highest BCUT2D eigenvalue weighted by Gasteiger charge is 2.20. The molecule has 26 heavy (non-hydrogen) atoms. The molecule has 0 aliphatic heterocycles. The van der Waals surface area contributed by atoms with Crippen molar-refractivity contribution in [2.75, 3.05) is 6.54 Å². The van der Waals surface area contributed by atoms with Gasteiger partial charge in [0.15, 0.2) is 5.76 Å². The number of nitrogens with zero attached hydrogens (tertiary/aromatic N) is 2. The molecule has 1 aliphatic carbocycles. The van der Waals surface area contributed by atoms with E-state index in [9.17, 15) is 4.79 Å². The molecule has 0 aromatic carbocycles. The highest BCUT2D eigenvalue weighted by atomic mass is 16.5. The second kappa shape index (κ2) is 7.15. The van der Waals surface area contributed by atoms with Crippen molar-refractivity contribution in [3.05, 3.63) is 47.4 Å². The van der Waals surface area contributed by atoms with Crippen molar-refractivity contribution in [2.24, 2.45) is 0 Å². The molecule has 1 amide bonds. The van der Waals surface area contributed by atoms with E-state index in [0.29, 0.717) is 40.4 Å². The summed E-state index contributed by atoms with van der Waals surface area (Å²) in [6.07, 6.45) is 9.59. The number of fused-ring (bicyclic) bond motifs is 1. The van der Waals surface area contributed by atoms with Crippen LogP contribution in [0.25, 0.3) is 22.6 Å². The van der Waals surface area contributed by atoms with E-state index >= 15 is 0 Å². The van der Waals surface area contributed by atoms with Gasteiger partial charge in [0.25, 0.3) is 11.6 Å². The molecule has 134 valence electrons. The number of rotatable bonds is 5. The molecule has 6 nitrogen and oxygen atoms in total. The van der Waals surface area contributed by atoms with Gasteiger partial charge in [-0.15, -0.1) is 0 Å². The fourth-order valence-corrected chi connectivity index (χ4v) is 3.39. The van der Waals surface area contributed by atoms with Crippen LogP contribution >= 0.6 is 0 Å². The number of carbonyl (C=O) groups excluding carboxylic acids is 1. The lowest BCUT2D eigenvalue weighted by Crippen LogP contribution is -2.25. The maximum atomic E-state index is 12.8. The van der Waals surface area contributed by atoms with Crippen LogP contribution in [-0.2, 0) is 0 Å². The summed E-state index contributed by atoms with van der Waals surface area (Å²) in [5.41, 5.74) is 3.50. The number of aryl methyl sites for hydroxylation is 1. The molecule has 0 unspecified atom stereocenters. The molecule has 0 fully saturated rings. The molecule has 0 bridgehead atoms. The molecule has 3 aromatic rings. The summed E-state index contributed by atoms with van der Waals surface area (Å²) in [6, 6.07) is 5.32. The monoisotopic (exact) mass is 351 g/mol. The molecular formula is C20H21N3O3. The largest absolute Gasteiger partial charge is 0.463 e. The van der Waals surface area contributed by atoms with Gasteiger partial charge in [-0.3, -0.25) is 4.79 Å². The van der Waals surface area contributed by atoms with Crippen molar-refractivity contribution in [2.45, 2.75) is 39.0 Å². The SMILES string of the molecule is Cc1noc2nc(-c3ccco3)cc(C(=O)NCCC3=CCCCC3)c12. The Morgan fingerprint density at radius 1 is 1.35 bits per heavy atom. The van der Waals surface area contributed by atoms with Crippen LogP contribution < -0.4 is 5.32 Å². The minimum atomic E-state index is -0.145. The van der Waals surface area contributed by atoms with Crippen LogP contribution in [0.15, 0.2) is 45.1 Å². The van der Waals surface area contributed by atoms with E-state index < -0.39 is 0 Å². The number of hydrogen-bond donors (Lipinski definition) is 1. The molecule has 0 saturated heterocycles. The van der Waals surface area contributed by atoms with E-state index in [4.69, 9.17) is 8.94 Å². The molecule has 3 heterocycles. The Kier molecular flexibility index (Phi) is 4.56. The first-order valence-electron chi connectivity index (χ1n) is 8.99. The number of carbonyl (C=O) groups is 1. The van der Waals surface area contributed by atoms with Crippen molar-refractivity contribution in [1.29, 1.82) is 0 Å². The summed E-state index contributed by atoms with van der Waals surface area (Å²) in [4.78, 5) is 17.2. The molecule has 0 radical (unpaired) electrons. The lowest BCUT2D eigenvalue weighted by Gasteiger charge is -2.13. The van der Waals surface area contributed by atoms with Gasteiger partial charge in [-0.2, -0.15) is 0 Å². The first kappa shape index (κ1) is 16.6. The third kappa shape index (κ3) is 3.27. The highest BCUT2D eigenvalue weighted by molar-refractivity contribution is 6.06. The van der Waals surface area contributed by atoms with E-state index in [1.165, 1.54) is 18.4 Å². The van der Waals surface area contributed by atoms with Gasteiger partial charge in [0.1, 0.15) is 5.69 Å². The number of furan rings is 1. The minimum absolute atomic E-state index is 0.145. The highest BCUT2D eigenvalue weighted by Crippen LogP contribution is 2.27. The zero-order valence-electron chi connectivity index (χ0n) is 14.7. The first-order valence-corrected chi connectivity index (χ1v) is 8.99. The zero-order chi connectivity index (χ0) is 17.9. The van der Waals surface area contributed by atoms with Crippen molar-refractivity contribution in [1.82, 2.24) is 15.5 Å². The quantitative estimate of drug-likeness (QED) is 0.689. The molecule has 1 N–H and O–H groups in total. The van der Waals surface area contributed by atoms with Gasteiger partial charge in [0.05, 0.1) is 22.9 Å². The molecule has 3 aromatic heterocycles. The Morgan fingerprint density at radius 2 is 2.27 bits per heavy atom. The second-order valence-electron chi connectivity index (χ2n) is 6.59. The summed E-state index contributed by atoms with van der Waals surface area (Å²) in [6.45, 7) is 2.43. The van der Waals surface area contributed by atoms with Crippen molar-refractivity contribution >= 4 is 17.0 Å². The van der Waals surface area contributed by atoms with Crippen molar-refractivity contribution in [3.8, 4) is 11.5 Å². The summed E-state index contributed by atoms with van der Waals surface area (Å²) < 4.78 is 10.7. The normalized spacial score (nSPS) is 14.4. The van der Waals surface area contributed by atoms with Gasteiger partial charge in [-0.1, -0.05) is 16.8 Å². The average Bonchev–Trinajstić information content (AvgIpc) is 3.32. The van der Waals surface area contributed by atoms with Crippen LogP contribution in [0.1, 0.15) is 48.2 Å². The summed E-state index contributed by atoms with van der Waals surface area (Å²) in [5, 5.41) is 7.63. The van der Waals surface area contributed by atoms with E-state index in [1.807, 2.05) is 6.92 Å². The van der Waals surface area contributed by atoms with E-state index in [1.54, 1.807) is 24.5 Å². The van der Waals surface area contributed by atoms with E-state index in [-0.39, 0.29) is 5.91 Å². The van der Waals surface area contributed by atoms with Gasteiger partial charge in [0, 0.05) is 6.54 Å². The van der Waals surface area contributed by atoms with Crippen LogP contribution in [-0.4, -0.2) is 22.6 Å². The standard InChI is InChI=1S/C20H21N3O3/c1-13-18-15(19(24)21-10-9-14-6-3-2-4-7-14)12-16(17-8-5-11-25-17)22-20(18)26-23-13/h5-6,8,11-12H,2-4,7,9-10H2,1H3,(H,21,24). The van der Waals surface area contributed by atoms with E-state index in [2.05, 4.69) is 21.5 Å². The Bertz CT molecular complexity index is 954. The van der Waals surface area contributed by atoms with Gasteiger partial charge >= 0.3 is 0 Å². The average molecular weight is 351 g/mol.